The Labute approximate surface area is 91.3 Å². The normalized spacial score (nSPS) is 16.5. The molecule has 6 heteroatoms. The van der Waals surface area contributed by atoms with Crippen LogP contribution in [0.1, 0.15) is 9.67 Å². The number of nitrogens with zero attached hydrogens (tertiary/aromatic N) is 3. The third-order valence-corrected chi connectivity index (χ3v) is 3.15. The van der Waals surface area contributed by atoms with Crippen LogP contribution >= 0.6 is 11.3 Å². The zero-order valence-corrected chi connectivity index (χ0v) is 8.94. The van der Waals surface area contributed by atoms with Gasteiger partial charge in [0, 0.05) is 26.2 Å². The second-order valence-electron chi connectivity index (χ2n) is 3.30. The molecule has 5 nitrogen and oxygen atoms in total. The maximum absolute atomic E-state index is 11.8. The van der Waals surface area contributed by atoms with Crippen LogP contribution in [0.2, 0.25) is 0 Å². The summed E-state index contributed by atoms with van der Waals surface area (Å²) < 4.78 is 0. The number of aromatic nitrogens is 1. The molecule has 0 atom stereocenters. The van der Waals surface area contributed by atoms with E-state index < -0.39 is 0 Å². The third-order valence-electron chi connectivity index (χ3n) is 2.39. The summed E-state index contributed by atoms with van der Waals surface area (Å²) in [7, 11) is 0. The highest BCUT2D eigenvalue weighted by molar-refractivity contribution is 7.11. The van der Waals surface area contributed by atoms with E-state index in [0.29, 0.717) is 31.1 Å². The maximum Gasteiger partial charge on any atom is 0.265 e. The first-order valence-electron chi connectivity index (χ1n) is 4.68. The average molecular weight is 225 g/mol. The van der Waals surface area contributed by atoms with Crippen molar-refractivity contribution < 1.29 is 9.59 Å². The number of carbonyl (C=O) groups excluding carboxylic acids is 2. The Bertz CT molecular complexity index is 344. The van der Waals surface area contributed by atoms with Crippen LogP contribution in [0, 0.1) is 0 Å². The molecule has 1 fully saturated rings. The molecular formula is C9H11N3O2S. The molecule has 1 aromatic heterocycles. The first-order chi connectivity index (χ1) is 7.31. The van der Waals surface area contributed by atoms with Crippen molar-refractivity contribution in [3.8, 4) is 0 Å². The maximum atomic E-state index is 11.8. The number of amides is 2. The van der Waals surface area contributed by atoms with Gasteiger partial charge in [0.05, 0.1) is 11.7 Å². The van der Waals surface area contributed by atoms with Crippen molar-refractivity contribution in [2.24, 2.45) is 0 Å². The van der Waals surface area contributed by atoms with Crippen molar-refractivity contribution in [2.45, 2.75) is 0 Å². The molecule has 0 saturated carbocycles. The van der Waals surface area contributed by atoms with E-state index in [1.165, 1.54) is 11.3 Å². The van der Waals surface area contributed by atoms with Crippen molar-refractivity contribution >= 4 is 23.7 Å². The first-order valence-corrected chi connectivity index (χ1v) is 5.56. The van der Waals surface area contributed by atoms with Gasteiger partial charge in [-0.2, -0.15) is 0 Å². The molecule has 0 aromatic carbocycles. The fraction of sp³-hybridized carbons (Fsp3) is 0.444. The van der Waals surface area contributed by atoms with Crippen LogP contribution in [-0.4, -0.2) is 53.3 Å². The molecule has 2 heterocycles. The highest BCUT2D eigenvalue weighted by Crippen LogP contribution is 2.11. The van der Waals surface area contributed by atoms with Gasteiger partial charge in [-0.1, -0.05) is 0 Å². The van der Waals surface area contributed by atoms with Gasteiger partial charge in [-0.3, -0.25) is 14.6 Å². The monoisotopic (exact) mass is 225 g/mol. The predicted octanol–water partition coefficient (Wildman–Crippen LogP) is 0.0573. The third kappa shape index (κ3) is 2.15. The Balaban J connectivity index is 1.96. The van der Waals surface area contributed by atoms with E-state index in [1.54, 1.807) is 21.5 Å². The number of thiazole rings is 1. The predicted molar refractivity (Wildman–Crippen MR) is 55.7 cm³/mol. The van der Waals surface area contributed by atoms with Crippen LogP contribution in [-0.2, 0) is 4.79 Å². The fourth-order valence-corrected chi connectivity index (χ4v) is 2.09. The van der Waals surface area contributed by atoms with Gasteiger partial charge in [0.25, 0.3) is 5.91 Å². The van der Waals surface area contributed by atoms with Crippen molar-refractivity contribution in [2.75, 3.05) is 26.2 Å². The molecule has 1 aromatic rings. The van der Waals surface area contributed by atoms with Gasteiger partial charge in [0.1, 0.15) is 4.88 Å². The minimum atomic E-state index is 0.0167. The van der Waals surface area contributed by atoms with Crippen LogP contribution in [0.15, 0.2) is 11.7 Å². The summed E-state index contributed by atoms with van der Waals surface area (Å²) in [6.45, 7) is 2.45. The molecule has 1 aliphatic heterocycles. The summed E-state index contributed by atoms with van der Waals surface area (Å²) in [6, 6.07) is 0. The van der Waals surface area contributed by atoms with E-state index in [4.69, 9.17) is 0 Å². The zero-order chi connectivity index (χ0) is 10.7. The van der Waals surface area contributed by atoms with Crippen LogP contribution in [0.4, 0.5) is 0 Å². The molecule has 0 unspecified atom stereocenters. The average Bonchev–Trinajstić information content (AvgIpc) is 2.82. The van der Waals surface area contributed by atoms with E-state index in [0.717, 1.165) is 6.41 Å². The number of carbonyl (C=O) groups is 2. The summed E-state index contributed by atoms with van der Waals surface area (Å²) in [5, 5.41) is 0. The Morgan fingerprint density at radius 1 is 1.40 bits per heavy atom. The Morgan fingerprint density at radius 2 is 2.13 bits per heavy atom. The summed E-state index contributed by atoms with van der Waals surface area (Å²) >= 11 is 1.35. The van der Waals surface area contributed by atoms with Crippen LogP contribution < -0.4 is 0 Å². The molecule has 0 N–H and O–H groups in total. The molecule has 0 spiro atoms. The molecule has 2 amide bonds. The lowest BCUT2D eigenvalue weighted by atomic mass is 10.3. The molecule has 1 aliphatic rings. The van der Waals surface area contributed by atoms with Gasteiger partial charge >= 0.3 is 0 Å². The molecule has 0 bridgehead atoms. The molecule has 0 aliphatic carbocycles. The van der Waals surface area contributed by atoms with E-state index >= 15 is 0 Å². The second-order valence-corrected chi connectivity index (χ2v) is 4.19. The van der Waals surface area contributed by atoms with Crippen LogP contribution in [0.3, 0.4) is 0 Å². The standard InChI is InChI=1S/C9H11N3O2S/c13-7-11-1-3-12(4-2-11)9(14)8-5-10-6-15-8/h5-7H,1-4H2. The Kier molecular flexibility index (Phi) is 2.96. The topological polar surface area (TPSA) is 53.5 Å². The molecule has 15 heavy (non-hydrogen) atoms. The SMILES string of the molecule is O=CN1CCN(C(=O)c2cncs2)CC1. The van der Waals surface area contributed by atoms with E-state index in [9.17, 15) is 9.59 Å². The fourth-order valence-electron chi connectivity index (χ4n) is 1.51. The quantitative estimate of drug-likeness (QED) is 0.669. The van der Waals surface area contributed by atoms with Gasteiger partial charge in [0.2, 0.25) is 6.41 Å². The lowest BCUT2D eigenvalue weighted by Crippen LogP contribution is -2.47. The summed E-state index contributed by atoms with van der Waals surface area (Å²) in [6.07, 6.45) is 2.41. The van der Waals surface area contributed by atoms with Crippen molar-refractivity contribution in [1.82, 2.24) is 14.8 Å². The minimum Gasteiger partial charge on any atom is -0.342 e. The number of hydrogen-bond donors (Lipinski definition) is 0. The summed E-state index contributed by atoms with van der Waals surface area (Å²) in [5.74, 6) is 0.0167. The number of rotatable bonds is 2. The van der Waals surface area contributed by atoms with Gasteiger partial charge < -0.3 is 9.80 Å². The highest BCUT2D eigenvalue weighted by Gasteiger charge is 2.21. The second kappa shape index (κ2) is 4.39. The Morgan fingerprint density at radius 3 is 2.67 bits per heavy atom. The van der Waals surface area contributed by atoms with Crippen LogP contribution in [0.25, 0.3) is 0 Å². The summed E-state index contributed by atoms with van der Waals surface area (Å²) in [4.78, 5) is 30.3. The minimum absolute atomic E-state index is 0.0167. The van der Waals surface area contributed by atoms with Crippen LogP contribution in [0.5, 0.6) is 0 Å². The van der Waals surface area contributed by atoms with E-state index in [-0.39, 0.29) is 5.91 Å². The van der Waals surface area contributed by atoms with Gasteiger partial charge in [0.15, 0.2) is 0 Å². The lowest BCUT2D eigenvalue weighted by Gasteiger charge is -2.32. The number of hydrogen-bond acceptors (Lipinski definition) is 4. The lowest BCUT2D eigenvalue weighted by molar-refractivity contribution is -0.119. The number of piperazine rings is 1. The molecule has 1 saturated heterocycles. The summed E-state index contributed by atoms with van der Waals surface area (Å²) in [5.41, 5.74) is 1.65. The van der Waals surface area contributed by atoms with E-state index in [2.05, 4.69) is 4.98 Å². The highest BCUT2D eigenvalue weighted by atomic mass is 32.1. The van der Waals surface area contributed by atoms with Gasteiger partial charge in [-0.05, 0) is 0 Å². The first kappa shape index (κ1) is 10.1. The van der Waals surface area contributed by atoms with Gasteiger partial charge in [-0.15, -0.1) is 11.3 Å². The van der Waals surface area contributed by atoms with Crippen molar-refractivity contribution in [3.05, 3.63) is 16.6 Å². The van der Waals surface area contributed by atoms with Gasteiger partial charge in [-0.25, -0.2) is 0 Å². The zero-order valence-electron chi connectivity index (χ0n) is 8.13. The van der Waals surface area contributed by atoms with E-state index in [1.807, 2.05) is 0 Å². The largest absolute Gasteiger partial charge is 0.342 e. The van der Waals surface area contributed by atoms with Crippen molar-refractivity contribution in [3.63, 3.8) is 0 Å². The molecule has 80 valence electrons. The Hall–Kier alpha value is -1.43. The molecule has 2 rings (SSSR count). The smallest absolute Gasteiger partial charge is 0.265 e. The van der Waals surface area contributed by atoms with Crippen molar-refractivity contribution in [1.29, 1.82) is 0 Å². The molecule has 0 radical (unpaired) electrons. The molecular weight excluding hydrogens is 214 g/mol.